The highest BCUT2D eigenvalue weighted by Gasteiger charge is 2.33. The van der Waals surface area contributed by atoms with Gasteiger partial charge in [-0.1, -0.05) is 18.2 Å². The van der Waals surface area contributed by atoms with Gasteiger partial charge in [0.1, 0.15) is 5.69 Å². The number of hydrogen-bond acceptors (Lipinski definition) is 7. The van der Waals surface area contributed by atoms with Crippen molar-refractivity contribution in [1.29, 1.82) is 5.26 Å². The first-order valence-electron chi connectivity index (χ1n) is 10.2. The summed E-state index contributed by atoms with van der Waals surface area (Å²) in [5.41, 5.74) is 1.15. The van der Waals surface area contributed by atoms with E-state index in [4.69, 9.17) is 4.74 Å². The molecule has 4 rings (SSSR count). The topological polar surface area (TPSA) is 82.3 Å². The molecule has 1 fully saturated rings. The largest absolute Gasteiger partial charge is 0.468 e. The Labute approximate surface area is 188 Å². The van der Waals surface area contributed by atoms with Crippen LogP contribution in [-0.2, 0) is 15.7 Å². The zero-order valence-electron chi connectivity index (χ0n) is 17.7. The number of carbonyl (C=O) groups is 1. The minimum atomic E-state index is -4.41. The number of benzene rings is 2. The predicted molar refractivity (Wildman–Crippen MR) is 116 cm³/mol. The monoisotopic (exact) mass is 455 g/mol. The molecule has 33 heavy (non-hydrogen) atoms. The molecule has 1 aromatic heterocycles. The lowest BCUT2D eigenvalue weighted by Gasteiger charge is -2.37. The van der Waals surface area contributed by atoms with Gasteiger partial charge < -0.3 is 14.5 Å². The molecule has 7 nitrogen and oxygen atoms in total. The van der Waals surface area contributed by atoms with Crippen molar-refractivity contribution in [1.82, 2.24) is 9.97 Å². The average Bonchev–Trinajstić information content (AvgIpc) is 2.83. The number of hydrogen-bond donors (Lipinski definition) is 0. The van der Waals surface area contributed by atoms with Crippen molar-refractivity contribution in [2.75, 3.05) is 43.1 Å². The van der Waals surface area contributed by atoms with Crippen molar-refractivity contribution in [3.05, 3.63) is 59.8 Å². The molecular formula is C23H20F3N5O2. The molecule has 1 saturated heterocycles. The first kappa shape index (κ1) is 22.3. The second-order valence-corrected chi connectivity index (χ2v) is 7.53. The van der Waals surface area contributed by atoms with Gasteiger partial charge in [-0.15, -0.1) is 0 Å². The number of carbonyl (C=O) groups excluding carboxylic acids is 1. The molecule has 0 saturated carbocycles. The maximum absolute atomic E-state index is 13.1. The highest BCUT2D eigenvalue weighted by molar-refractivity contribution is 5.85. The summed E-state index contributed by atoms with van der Waals surface area (Å²) in [6.07, 6.45) is -4.41. The number of nitriles is 1. The first-order chi connectivity index (χ1) is 15.8. The van der Waals surface area contributed by atoms with Crippen LogP contribution in [0.25, 0.3) is 11.0 Å². The van der Waals surface area contributed by atoms with E-state index in [0.717, 1.165) is 12.1 Å². The van der Waals surface area contributed by atoms with Crippen LogP contribution >= 0.6 is 0 Å². The molecule has 1 unspecified atom stereocenters. The van der Waals surface area contributed by atoms with Crippen LogP contribution < -0.4 is 9.80 Å². The molecule has 10 heteroatoms. The highest BCUT2D eigenvalue weighted by atomic mass is 19.4. The Morgan fingerprint density at radius 1 is 1.03 bits per heavy atom. The molecule has 0 amide bonds. The third-order valence-electron chi connectivity index (χ3n) is 5.54. The molecule has 0 radical (unpaired) electrons. The van der Waals surface area contributed by atoms with Crippen molar-refractivity contribution < 1.29 is 22.7 Å². The van der Waals surface area contributed by atoms with Crippen LogP contribution in [-0.4, -0.2) is 49.2 Å². The molecule has 2 heterocycles. The molecule has 3 aromatic rings. The van der Waals surface area contributed by atoms with Crippen LogP contribution in [0, 0.1) is 11.3 Å². The first-order valence-corrected chi connectivity index (χ1v) is 10.2. The molecule has 170 valence electrons. The van der Waals surface area contributed by atoms with Gasteiger partial charge in [0.25, 0.3) is 0 Å². The normalized spacial score (nSPS) is 15.2. The standard InChI is InChI=1S/C23H20F3N5O2/c1-33-22(32)17(14-27)20-21(29-19-8-3-2-7-18(19)28-20)31-11-9-30(10-12-31)16-6-4-5-15(13-16)23(24,25)26/h2-8,13,17H,9-12H2,1H3. The lowest BCUT2D eigenvalue weighted by molar-refractivity contribution is -0.141. The second-order valence-electron chi connectivity index (χ2n) is 7.53. The number of nitrogens with zero attached hydrogens (tertiary/aromatic N) is 5. The predicted octanol–water partition coefficient (Wildman–Crippen LogP) is 3.76. The van der Waals surface area contributed by atoms with E-state index in [-0.39, 0.29) is 5.69 Å². The number of piperazine rings is 1. The highest BCUT2D eigenvalue weighted by Crippen LogP contribution is 2.33. The molecule has 1 atom stereocenters. The third kappa shape index (κ3) is 4.53. The summed E-state index contributed by atoms with van der Waals surface area (Å²) in [4.78, 5) is 25.2. The van der Waals surface area contributed by atoms with E-state index < -0.39 is 23.6 Å². The van der Waals surface area contributed by atoms with Gasteiger partial charge in [-0.05, 0) is 30.3 Å². The summed E-state index contributed by atoms with van der Waals surface area (Å²) in [6, 6.07) is 14.3. The molecule has 0 N–H and O–H groups in total. The summed E-state index contributed by atoms with van der Waals surface area (Å²) in [6.45, 7) is 1.72. The number of alkyl halides is 3. The van der Waals surface area contributed by atoms with Gasteiger partial charge in [0.2, 0.25) is 0 Å². The van der Waals surface area contributed by atoms with E-state index in [0.29, 0.717) is 48.7 Å². The Morgan fingerprint density at radius 2 is 1.67 bits per heavy atom. The molecule has 0 bridgehead atoms. The number of anilines is 2. The number of methoxy groups -OCH3 is 1. The van der Waals surface area contributed by atoms with E-state index in [1.165, 1.54) is 13.2 Å². The van der Waals surface area contributed by atoms with Crippen LogP contribution in [0.15, 0.2) is 48.5 Å². The molecule has 1 aliphatic heterocycles. The van der Waals surface area contributed by atoms with Crippen molar-refractivity contribution in [2.45, 2.75) is 12.1 Å². The quantitative estimate of drug-likeness (QED) is 0.554. The van der Waals surface area contributed by atoms with E-state index in [2.05, 4.69) is 9.97 Å². The third-order valence-corrected chi connectivity index (χ3v) is 5.54. The van der Waals surface area contributed by atoms with Crippen LogP contribution in [0.5, 0.6) is 0 Å². The number of fused-ring (bicyclic) bond motifs is 1. The minimum Gasteiger partial charge on any atom is -0.468 e. The van der Waals surface area contributed by atoms with Crippen molar-refractivity contribution in [2.24, 2.45) is 0 Å². The number of esters is 1. The van der Waals surface area contributed by atoms with Gasteiger partial charge in [-0.25, -0.2) is 9.97 Å². The zero-order chi connectivity index (χ0) is 23.6. The Balaban J connectivity index is 1.63. The Kier molecular flexibility index (Phi) is 6.05. The van der Waals surface area contributed by atoms with Crippen molar-refractivity contribution in [3.8, 4) is 6.07 Å². The maximum atomic E-state index is 13.1. The van der Waals surface area contributed by atoms with Crippen LogP contribution in [0.2, 0.25) is 0 Å². The Hall–Kier alpha value is -3.87. The molecule has 1 aliphatic rings. The smallest absolute Gasteiger partial charge is 0.416 e. The Morgan fingerprint density at radius 3 is 2.27 bits per heavy atom. The van der Waals surface area contributed by atoms with Crippen LogP contribution in [0.1, 0.15) is 17.2 Å². The van der Waals surface area contributed by atoms with Crippen molar-refractivity contribution in [3.63, 3.8) is 0 Å². The number of para-hydroxylation sites is 2. The number of rotatable bonds is 4. The fourth-order valence-corrected chi connectivity index (χ4v) is 3.83. The van der Waals surface area contributed by atoms with Crippen LogP contribution in [0.3, 0.4) is 0 Å². The SMILES string of the molecule is COC(=O)C(C#N)c1nc2ccccc2nc1N1CCN(c2cccc(C(F)(F)F)c2)CC1. The summed E-state index contributed by atoms with van der Waals surface area (Å²) in [5, 5.41) is 9.62. The van der Waals surface area contributed by atoms with Gasteiger partial charge in [0.05, 0.1) is 29.8 Å². The van der Waals surface area contributed by atoms with E-state index in [1.54, 1.807) is 24.3 Å². The lowest BCUT2D eigenvalue weighted by Crippen LogP contribution is -2.47. The van der Waals surface area contributed by atoms with Gasteiger partial charge >= 0.3 is 12.1 Å². The van der Waals surface area contributed by atoms with Gasteiger partial charge in [0.15, 0.2) is 11.7 Å². The zero-order valence-corrected chi connectivity index (χ0v) is 17.7. The fraction of sp³-hybridized carbons (Fsp3) is 0.304. The summed E-state index contributed by atoms with van der Waals surface area (Å²) in [5.74, 6) is -1.58. The van der Waals surface area contributed by atoms with Crippen LogP contribution in [0.4, 0.5) is 24.7 Å². The number of aromatic nitrogens is 2. The van der Waals surface area contributed by atoms with Gasteiger partial charge in [-0.2, -0.15) is 18.4 Å². The van der Waals surface area contributed by atoms with Gasteiger partial charge in [-0.3, -0.25) is 4.79 Å². The second kappa shape index (κ2) is 8.94. The minimum absolute atomic E-state index is 0.204. The number of halogens is 3. The fourth-order valence-electron chi connectivity index (χ4n) is 3.83. The molecule has 2 aromatic carbocycles. The molecule has 0 spiro atoms. The van der Waals surface area contributed by atoms with E-state index in [1.807, 2.05) is 21.9 Å². The summed E-state index contributed by atoms with van der Waals surface area (Å²) >= 11 is 0. The maximum Gasteiger partial charge on any atom is 0.416 e. The van der Waals surface area contributed by atoms with Gasteiger partial charge in [0, 0.05) is 31.9 Å². The van der Waals surface area contributed by atoms with Crippen molar-refractivity contribution >= 4 is 28.5 Å². The Bertz CT molecular complexity index is 1220. The van der Waals surface area contributed by atoms with E-state index in [9.17, 15) is 23.2 Å². The summed E-state index contributed by atoms with van der Waals surface area (Å²) < 4.78 is 44.0. The molecular weight excluding hydrogens is 435 g/mol. The molecule has 0 aliphatic carbocycles. The average molecular weight is 455 g/mol. The summed E-state index contributed by atoms with van der Waals surface area (Å²) in [7, 11) is 1.20. The number of ether oxygens (including phenoxy) is 1. The van der Waals surface area contributed by atoms with E-state index >= 15 is 0 Å². The lowest BCUT2D eigenvalue weighted by atomic mass is 10.1.